The van der Waals surface area contributed by atoms with E-state index in [9.17, 15) is 9.50 Å². The largest absolute Gasteiger partial charge is 0.487 e. The monoisotopic (exact) mass is 196 g/mol. The van der Waals surface area contributed by atoms with Crippen LogP contribution in [0.25, 0.3) is 0 Å². The second kappa shape index (κ2) is 3.24. The Morgan fingerprint density at radius 2 is 2.21 bits per heavy atom. The fourth-order valence-corrected chi connectivity index (χ4v) is 1.77. The van der Waals surface area contributed by atoms with Crippen LogP contribution < -0.4 is 4.74 Å². The zero-order valence-electron chi connectivity index (χ0n) is 8.25. The molecule has 2 atom stereocenters. The summed E-state index contributed by atoms with van der Waals surface area (Å²) in [5.41, 5.74) is 1.62. The van der Waals surface area contributed by atoms with Crippen LogP contribution in [0.15, 0.2) is 12.1 Å². The zero-order chi connectivity index (χ0) is 10.3. The standard InChI is InChI=1S/C11H13FO2/c1-6-3-8-7(2)10(13)5-14-11(8)9(12)4-6/h3-4,7,10,13H,5H2,1-2H3/t7-,10+/m0/s1. The van der Waals surface area contributed by atoms with Crippen molar-refractivity contribution in [3.63, 3.8) is 0 Å². The van der Waals surface area contributed by atoms with Gasteiger partial charge in [0.2, 0.25) is 0 Å². The van der Waals surface area contributed by atoms with Gasteiger partial charge in [-0.3, -0.25) is 0 Å². The van der Waals surface area contributed by atoms with Crippen molar-refractivity contribution in [1.29, 1.82) is 0 Å². The van der Waals surface area contributed by atoms with E-state index in [0.29, 0.717) is 5.75 Å². The van der Waals surface area contributed by atoms with Gasteiger partial charge in [0, 0.05) is 11.5 Å². The topological polar surface area (TPSA) is 29.5 Å². The van der Waals surface area contributed by atoms with Crippen LogP contribution in [0.5, 0.6) is 5.75 Å². The van der Waals surface area contributed by atoms with Gasteiger partial charge in [0.05, 0.1) is 6.10 Å². The lowest BCUT2D eigenvalue weighted by molar-refractivity contribution is 0.0686. The first-order valence-electron chi connectivity index (χ1n) is 4.70. The smallest absolute Gasteiger partial charge is 0.165 e. The molecule has 0 fully saturated rings. The molecule has 1 aliphatic heterocycles. The minimum Gasteiger partial charge on any atom is -0.487 e. The predicted octanol–water partition coefficient (Wildman–Crippen LogP) is 1.99. The quantitative estimate of drug-likeness (QED) is 0.687. The number of halogens is 1. The first kappa shape index (κ1) is 9.46. The van der Waals surface area contributed by atoms with Crippen LogP contribution in [0.1, 0.15) is 24.0 Å². The summed E-state index contributed by atoms with van der Waals surface area (Å²) in [7, 11) is 0. The second-order valence-corrected chi connectivity index (χ2v) is 3.83. The second-order valence-electron chi connectivity index (χ2n) is 3.83. The lowest BCUT2D eigenvalue weighted by Gasteiger charge is -2.28. The van der Waals surface area contributed by atoms with Gasteiger partial charge >= 0.3 is 0 Å². The minimum absolute atomic E-state index is 0.0619. The van der Waals surface area contributed by atoms with Crippen molar-refractivity contribution in [3.8, 4) is 5.75 Å². The minimum atomic E-state index is -0.538. The number of rotatable bonds is 0. The van der Waals surface area contributed by atoms with Crippen molar-refractivity contribution in [1.82, 2.24) is 0 Å². The summed E-state index contributed by atoms with van der Waals surface area (Å²) in [5.74, 6) is -0.0969. The first-order chi connectivity index (χ1) is 6.59. The summed E-state index contributed by atoms with van der Waals surface area (Å²) >= 11 is 0. The maximum atomic E-state index is 13.4. The summed E-state index contributed by atoms with van der Waals surface area (Å²) in [4.78, 5) is 0. The van der Waals surface area contributed by atoms with Gasteiger partial charge in [0.25, 0.3) is 0 Å². The van der Waals surface area contributed by atoms with Crippen molar-refractivity contribution in [2.75, 3.05) is 6.61 Å². The molecule has 0 radical (unpaired) electrons. The molecule has 0 unspecified atom stereocenters. The molecule has 0 aromatic heterocycles. The van der Waals surface area contributed by atoms with Crippen LogP contribution in [-0.4, -0.2) is 17.8 Å². The molecule has 0 bridgehead atoms. The highest BCUT2D eigenvalue weighted by atomic mass is 19.1. The lowest BCUT2D eigenvalue weighted by atomic mass is 9.91. The molecule has 2 nitrogen and oxygen atoms in total. The third kappa shape index (κ3) is 1.38. The van der Waals surface area contributed by atoms with Gasteiger partial charge in [-0.05, 0) is 18.6 Å². The molecule has 3 heteroatoms. The molecule has 0 saturated heterocycles. The molecule has 0 spiro atoms. The Bertz CT molecular complexity index is 363. The molecule has 76 valence electrons. The van der Waals surface area contributed by atoms with Crippen molar-refractivity contribution in [3.05, 3.63) is 29.1 Å². The van der Waals surface area contributed by atoms with Gasteiger partial charge in [-0.25, -0.2) is 4.39 Å². The normalized spacial score (nSPS) is 25.4. The van der Waals surface area contributed by atoms with Gasteiger partial charge in [0.15, 0.2) is 11.6 Å². The average molecular weight is 196 g/mol. The van der Waals surface area contributed by atoms with Crippen LogP contribution in [0.4, 0.5) is 4.39 Å². The van der Waals surface area contributed by atoms with E-state index >= 15 is 0 Å². The Labute approximate surface area is 82.3 Å². The zero-order valence-corrected chi connectivity index (χ0v) is 8.25. The molecule has 1 aromatic carbocycles. The number of fused-ring (bicyclic) bond motifs is 1. The molecule has 1 N–H and O–H groups in total. The van der Waals surface area contributed by atoms with Crippen LogP contribution in [-0.2, 0) is 0 Å². The molecular formula is C11H13FO2. The Morgan fingerprint density at radius 3 is 2.93 bits per heavy atom. The van der Waals surface area contributed by atoms with E-state index in [1.54, 1.807) is 0 Å². The van der Waals surface area contributed by atoms with E-state index < -0.39 is 6.10 Å². The molecule has 1 heterocycles. The predicted molar refractivity (Wildman–Crippen MR) is 51.1 cm³/mol. The summed E-state index contributed by atoms with van der Waals surface area (Å²) in [5, 5.41) is 9.56. The maximum Gasteiger partial charge on any atom is 0.165 e. The third-order valence-corrected chi connectivity index (χ3v) is 2.68. The van der Waals surface area contributed by atoms with Crippen molar-refractivity contribution < 1.29 is 14.2 Å². The Morgan fingerprint density at radius 1 is 1.50 bits per heavy atom. The lowest BCUT2D eigenvalue weighted by Crippen LogP contribution is -2.29. The molecule has 0 aliphatic carbocycles. The van der Waals surface area contributed by atoms with Gasteiger partial charge < -0.3 is 9.84 Å². The van der Waals surface area contributed by atoms with E-state index in [2.05, 4.69) is 0 Å². The third-order valence-electron chi connectivity index (χ3n) is 2.68. The van der Waals surface area contributed by atoms with Crippen LogP contribution >= 0.6 is 0 Å². The van der Waals surface area contributed by atoms with E-state index in [-0.39, 0.29) is 18.3 Å². The van der Waals surface area contributed by atoms with E-state index in [1.807, 2.05) is 19.9 Å². The van der Waals surface area contributed by atoms with Crippen molar-refractivity contribution in [2.45, 2.75) is 25.9 Å². The van der Waals surface area contributed by atoms with Gasteiger partial charge in [0.1, 0.15) is 6.61 Å². The number of aliphatic hydroxyl groups is 1. The van der Waals surface area contributed by atoms with Crippen LogP contribution in [0.3, 0.4) is 0 Å². The van der Waals surface area contributed by atoms with Gasteiger partial charge in [-0.1, -0.05) is 13.0 Å². The fourth-order valence-electron chi connectivity index (χ4n) is 1.77. The summed E-state index contributed by atoms with van der Waals surface area (Å²) in [6.45, 7) is 3.89. The first-order valence-corrected chi connectivity index (χ1v) is 4.70. The SMILES string of the molecule is Cc1cc(F)c2c(c1)[C@H](C)[C@H](O)CO2. The van der Waals surface area contributed by atoms with Gasteiger partial charge in [-0.15, -0.1) is 0 Å². The number of hydrogen-bond acceptors (Lipinski definition) is 2. The Kier molecular flexibility index (Phi) is 2.19. The Balaban J connectivity index is 2.54. The number of hydrogen-bond donors (Lipinski definition) is 1. The molecule has 1 aliphatic rings. The highest BCUT2D eigenvalue weighted by molar-refractivity contribution is 5.42. The summed E-state index contributed by atoms with van der Waals surface area (Å²) < 4.78 is 18.6. The molecule has 14 heavy (non-hydrogen) atoms. The summed E-state index contributed by atoms with van der Waals surface area (Å²) in [6, 6.07) is 3.31. The highest BCUT2D eigenvalue weighted by Crippen LogP contribution is 2.36. The van der Waals surface area contributed by atoms with Crippen LogP contribution in [0, 0.1) is 12.7 Å². The highest BCUT2D eigenvalue weighted by Gasteiger charge is 2.28. The van der Waals surface area contributed by atoms with Crippen molar-refractivity contribution >= 4 is 0 Å². The number of benzene rings is 1. The van der Waals surface area contributed by atoms with E-state index in [1.165, 1.54) is 6.07 Å². The molecule has 1 aromatic rings. The summed E-state index contributed by atoms with van der Waals surface area (Å²) in [6.07, 6.45) is -0.538. The molecule has 0 amide bonds. The van der Waals surface area contributed by atoms with E-state index in [0.717, 1.165) is 11.1 Å². The number of aryl methyl sites for hydroxylation is 1. The van der Waals surface area contributed by atoms with Crippen molar-refractivity contribution in [2.24, 2.45) is 0 Å². The Hall–Kier alpha value is -1.09. The fraction of sp³-hybridized carbons (Fsp3) is 0.455. The van der Waals surface area contributed by atoms with E-state index in [4.69, 9.17) is 4.74 Å². The maximum absolute atomic E-state index is 13.4. The van der Waals surface area contributed by atoms with Gasteiger partial charge in [-0.2, -0.15) is 0 Å². The molecule has 2 rings (SSSR count). The molecule has 0 saturated carbocycles. The number of aliphatic hydroxyl groups excluding tert-OH is 1. The number of ether oxygens (including phenoxy) is 1. The van der Waals surface area contributed by atoms with Crippen LogP contribution in [0.2, 0.25) is 0 Å². The average Bonchev–Trinajstić information content (AvgIpc) is 2.12. The molecular weight excluding hydrogens is 183 g/mol.